The highest BCUT2D eigenvalue weighted by Gasteiger charge is 2.11. The van der Waals surface area contributed by atoms with E-state index < -0.39 is 5.82 Å². The van der Waals surface area contributed by atoms with E-state index in [1.807, 2.05) is 18.2 Å². The lowest BCUT2D eigenvalue weighted by Gasteiger charge is -2.10. The maximum absolute atomic E-state index is 13.0. The summed E-state index contributed by atoms with van der Waals surface area (Å²) in [6.07, 6.45) is 0.845. The van der Waals surface area contributed by atoms with Crippen molar-refractivity contribution in [2.45, 2.75) is 13.0 Å². The number of ether oxygens (including phenoxy) is 3. The van der Waals surface area contributed by atoms with E-state index >= 15 is 0 Å². The summed E-state index contributed by atoms with van der Waals surface area (Å²) in [6, 6.07) is 11.2. The zero-order valence-electron chi connectivity index (χ0n) is 13.1. The molecule has 0 unspecified atom stereocenters. The molecule has 24 heavy (non-hydrogen) atoms. The van der Waals surface area contributed by atoms with Gasteiger partial charge in [-0.2, -0.15) is 0 Å². The number of halogens is 1. The van der Waals surface area contributed by atoms with Crippen molar-refractivity contribution in [1.82, 2.24) is 5.32 Å². The van der Waals surface area contributed by atoms with Gasteiger partial charge in [0.25, 0.3) is 5.91 Å². The minimum absolute atomic E-state index is 0.173. The molecule has 1 aliphatic rings. The summed E-state index contributed by atoms with van der Waals surface area (Å²) in [5, 5.41) is 2.75. The Bertz CT molecular complexity index is 720. The third-order valence-electron chi connectivity index (χ3n) is 3.47. The lowest BCUT2D eigenvalue weighted by molar-refractivity contribution is -0.123. The third-order valence-corrected chi connectivity index (χ3v) is 3.47. The number of fused-ring (bicyclic) bond motifs is 1. The van der Waals surface area contributed by atoms with Gasteiger partial charge < -0.3 is 19.5 Å². The Morgan fingerprint density at radius 1 is 1.12 bits per heavy atom. The van der Waals surface area contributed by atoms with E-state index in [-0.39, 0.29) is 12.5 Å². The van der Waals surface area contributed by atoms with E-state index in [2.05, 4.69) is 5.32 Å². The summed E-state index contributed by atoms with van der Waals surface area (Å²) in [4.78, 5) is 11.8. The molecule has 0 saturated heterocycles. The Kier molecular flexibility index (Phi) is 5.15. The lowest BCUT2D eigenvalue weighted by Crippen LogP contribution is -2.28. The van der Waals surface area contributed by atoms with E-state index in [1.54, 1.807) is 6.07 Å². The molecule has 0 aliphatic carbocycles. The van der Waals surface area contributed by atoms with E-state index in [9.17, 15) is 9.18 Å². The summed E-state index contributed by atoms with van der Waals surface area (Å²) in [5.74, 6) is 1.04. The first-order chi connectivity index (χ1) is 11.7. The van der Waals surface area contributed by atoms with E-state index in [1.165, 1.54) is 18.2 Å². The first-order valence-electron chi connectivity index (χ1n) is 7.74. The predicted molar refractivity (Wildman–Crippen MR) is 85.8 cm³/mol. The number of hydrogen-bond acceptors (Lipinski definition) is 4. The van der Waals surface area contributed by atoms with Crippen molar-refractivity contribution in [2.75, 3.05) is 19.8 Å². The number of rotatable bonds is 5. The minimum Gasteiger partial charge on any atom is -0.490 e. The van der Waals surface area contributed by atoms with Crippen LogP contribution in [0.5, 0.6) is 17.2 Å². The molecule has 2 aromatic rings. The van der Waals surface area contributed by atoms with Gasteiger partial charge in [-0.3, -0.25) is 4.79 Å². The Balaban J connectivity index is 1.50. The van der Waals surface area contributed by atoms with Crippen molar-refractivity contribution in [3.8, 4) is 17.2 Å². The molecule has 6 heteroatoms. The van der Waals surface area contributed by atoms with Crippen LogP contribution in [0.4, 0.5) is 4.39 Å². The average molecular weight is 331 g/mol. The zero-order valence-corrected chi connectivity index (χ0v) is 13.1. The van der Waals surface area contributed by atoms with Gasteiger partial charge in [0.2, 0.25) is 0 Å². The molecule has 3 rings (SSSR count). The topological polar surface area (TPSA) is 56.8 Å². The largest absolute Gasteiger partial charge is 0.490 e. The minimum atomic E-state index is -0.403. The van der Waals surface area contributed by atoms with Gasteiger partial charge in [-0.05, 0) is 29.8 Å². The van der Waals surface area contributed by atoms with Crippen LogP contribution >= 0.6 is 0 Å². The molecule has 0 spiro atoms. The van der Waals surface area contributed by atoms with E-state index in [4.69, 9.17) is 14.2 Å². The van der Waals surface area contributed by atoms with Crippen molar-refractivity contribution >= 4 is 5.91 Å². The number of hydrogen-bond donors (Lipinski definition) is 1. The SMILES string of the molecule is O=C(COc1cccc(F)c1)NCc1ccc2c(c1)OCCCO2. The van der Waals surface area contributed by atoms with Crippen LogP contribution in [0.25, 0.3) is 0 Å². The van der Waals surface area contributed by atoms with Crippen molar-refractivity contribution in [3.63, 3.8) is 0 Å². The molecule has 0 fully saturated rings. The molecular formula is C18H18FNO4. The molecule has 0 radical (unpaired) electrons. The standard InChI is InChI=1S/C18H18FNO4/c19-14-3-1-4-15(10-14)24-12-18(21)20-11-13-5-6-16-17(9-13)23-8-2-7-22-16/h1,3-6,9-10H,2,7-8,11-12H2,(H,20,21). The zero-order chi connectivity index (χ0) is 16.8. The molecule has 0 atom stereocenters. The summed E-state index contributed by atoms with van der Waals surface area (Å²) in [7, 11) is 0. The number of nitrogens with one attached hydrogen (secondary N) is 1. The predicted octanol–water partition coefficient (Wildman–Crippen LogP) is 2.68. The highest BCUT2D eigenvalue weighted by Crippen LogP contribution is 2.30. The normalized spacial score (nSPS) is 13.0. The van der Waals surface area contributed by atoms with Crippen molar-refractivity contribution in [1.29, 1.82) is 0 Å². The van der Waals surface area contributed by atoms with Gasteiger partial charge in [0.1, 0.15) is 11.6 Å². The molecule has 0 bridgehead atoms. The van der Waals surface area contributed by atoms with Gasteiger partial charge in [0.15, 0.2) is 18.1 Å². The summed E-state index contributed by atoms with van der Waals surface area (Å²) in [5.41, 5.74) is 0.901. The number of benzene rings is 2. The first kappa shape index (κ1) is 16.1. The fraction of sp³-hybridized carbons (Fsp3) is 0.278. The summed E-state index contributed by atoms with van der Waals surface area (Å²) in [6.45, 7) is 1.43. The van der Waals surface area contributed by atoms with Gasteiger partial charge >= 0.3 is 0 Å². The van der Waals surface area contributed by atoms with Gasteiger partial charge in [0, 0.05) is 19.0 Å². The fourth-order valence-corrected chi connectivity index (χ4v) is 2.27. The summed E-state index contributed by atoms with van der Waals surface area (Å²) < 4.78 is 29.5. The van der Waals surface area contributed by atoms with Crippen LogP contribution in [0.1, 0.15) is 12.0 Å². The van der Waals surface area contributed by atoms with Gasteiger partial charge in [-0.15, -0.1) is 0 Å². The van der Waals surface area contributed by atoms with Gasteiger partial charge in [0.05, 0.1) is 13.2 Å². The molecule has 0 aromatic heterocycles. The number of carbonyl (C=O) groups is 1. The highest BCUT2D eigenvalue weighted by atomic mass is 19.1. The Morgan fingerprint density at radius 2 is 1.96 bits per heavy atom. The quantitative estimate of drug-likeness (QED) is 0.915. The maximum atomic E-state index is 13.0. The van der Waals surface area contributed by atoms with Crippen LogP contribution in [-0.4, -0.2) is 25.7 Å². The highest BCUT2D eigenvalue weighted by molar-refractivity contribution is 5.77. The van der Waals surface area contributed by atoms with Crippen LogP contribution < -0.4 is 19.5 Å². The molecule has 1 heterocycles. The molecule has 1 aliphatic heterocycles. The van der Waals surface area contributed by atoms with Crippen molar-refractivity contribution in [3.05, 3.63) is 53.8 Å². The first-order valence-corrected chi connectivity index (χ1v) is 7.74. The molecule has 1 amide bonds. The van der Waals surface area contributed by atoms with Gasteiger partial charge in [-0.25, -0.2) is 4.39 Å². The molecular weight excluding hydrogens is 313 g/mol. The van der Waals surface area contributed by atoms with Crippen LogP contribution in [0.3, 0.4) is 0 Å². The molecule has 126 valence electrons. The second-order valence-electron chi connectivity index (χ2n) is 5.35. The second kappa shape index (κ2) is 7.68. The molecule has 0 saturated carbocycles. The molecule has 1 N–H and O–H groups in total. The van der Waals surface area contributed by atoms with Crippen molar-refractivity contribution in [2.24, 2.45) is 0 Å². The smallest absolute Gasteiger partial charge is 0.258 e. The van der Waals surface area contributed by atoms with E-state index in [0.29, 0.717) is 31.3 Å². The Hall–Kier alpha value is -2.76. The lowest BCUT2D eigenvalue weighted by atomic mass is 10.2. The van der Waals surface area contributed by atoms with Crippen LogP contribution in [0, 0.1) is 5.82 Å². The maximum Gasteiger partial charge on any atom is 0.258 e. The Morgan fingerprint density at radius 3 is 2.79 bits per heavy atom. The average Bonchev–Trinajstić information content (AvgIpc) is 2.83. The number of amides is 1. The summed E-state index contributed by atoms with van der Waals surface area (Å²) >= 11 is 0. The van der Waals surface area contributed by atoms with Crippen LogP contribution in [0.2, 0.25) is 0 Å². The van der Waals surface area contributed by atoms with Crippen molar-refractivity contribution < 1.29 is 23.4 Å². The Labute approximate surface area is 139 Å². The monoisotopic (exact) mass is 331 g/mol. The van der Waals surface area contributed by atoms with Gasteiger partial charge in [-0.1, -0.05) is 12.1 Å². The third kappa shape index (κ3) is 4.38. The second-order valence-corrected chi connectivity index (χ2v) is 5.35. The fourth-order valence-electron chi connectivity index (χ4n) is 2.27. The van der Waals surface area contributed by atoms with Crippen LogP contribution in [0.15, 0.2) is 42.5 Å². The van der Waals surface area contributed by atoms with Crippen LogP contribution in [-0.2, 0) is 11.3 Å². The van der Waals surface area contributed by atoms with E-state index in [0.717, 1.165) is 17.7 Å². The molecule has 2 aromatic carbocycles. The molecule has 5 nitrogen and oxygen atoms in total. The number of carbonyl (C=O) groups excluding carboxylic acids is 1.